The zero-order chi connectivity index (χ0) is 14.4. The molecule has 1 amide bonds. The van der Waals surface area contributed by atoms with Crippen molar-refractivity contribution >= 4 is 15.7 Å². The third-order valence-corrected chi connectivity index (χ3v) is 5.04. The molecule has 0 aliphatic heterocycles. The number of hydrogen-bond donors (Lipinski definition) is 2. The minimum atomic E-state index is -3.22. The van der Waals surface area contributed by atoms with Crippen molar-refractivity contribution in [2.75, 3.05) is 26.5 Å². The maximum absolute atomic E-state index is 11.6. The predicted octanol–water partition coefficient (Wildman–Crippen LogP) is -0.320. The number of carbonyl (C=O) groups is 1. The van der Waals surface area contributed by atoms with Gasteiger partial charge >= 0.3 is 0 Å². The molecule has 0 rings (SSSR count). The Labute approximate surface area is 109 Å². The number of sulfone groups is 1. The molecule has 0 bridgehead atoms. The van der Waals surface area contributed by atoms with E-state index in [9.17, 15) is 13.2 Å². The fourth-order valence-electron chi connectivity index (χ4n) is 1.14. The Hall–Kier alpha value is -0.660. The zero-order valence-corrected chi connectivity index (χ0v) is 12.3. The van der Waals surface area contributed by atoms with Crippen molar-refractivity contribution in [1.82, 2.24) is 5.32 Å². The SMILES string of the molecule is COCCCC(N)C(=O)NCC(C)(C)S(C)(=O)=O. The maximum atomic E-state index is 11.6. The molecule has 0 aliphatic carbocycles. The van der Waals surface area contributed by atoms with Crippen LogP contribution in [0.25, 0.3) is 0 Å². The molecule has 0 saturated carbocycles. The fourth-order valence-corrected chi connectivity index (χ4v) is 1.48. The first-order valence-electron chi connectivity index (χ1n) is 5.83. The van der Waals surface area contributed by atoms with Gasteiger partial charge < -0.3 is 15.8 Å². The molecule has 0 aromatic heterocycles. The number of ether oxygens (including phenoxy) is 1. The molecule has 1 atom stereocenters. The normalized spacial score (nSPS) is 14.3. The summed E-state index contributed by atoms with van der Waals surface area (Å²) in [6.45, 7) is 3.75. The van der Waals surface area contributed by atoms with Crippen LogP contribution < -0.4 is 11.1 Å². The molecule has 0 aliphatic rings. The average molecular weight is 280 g/mol. The Morgan fingerprint density at radius 1 is 1.44 bits per heavy atom. The summed E-state index contributed by atoms with van der Waals surface area (Å²) in [5.41, 5.74) is 5.68. The molecule has 0 aromatic carbocycles. The lowest BCUT2D eigenvalue weighted by Gasteiger charge is -2.23. The van der Waals surface area contributed by atoms with E-state index in [1.54, 1.807) is 21.0 Å². The highest BCUT2D eigenvalue weighted by atomic mass is 32.2. The van der Waals surface area contributed by atoms with Crippen LogP contribution >= 0.6 is 0 Å². The first-order chi connectivity index (χ1) is 8.12. The van der Waals surface area contributed by atoms with Crippen molar-refractivity contribution in [3.05, 3.63) is 0 Å². The summed E-state index contributed by atoms with van der Waals surface area (Å²) in [6, 6.07) is -0.629. The number of nitrogens with one attached hydrogen (secondary N) is 1. The predicted molar refractivity (Wildman–Crippen MR) is 71.0 cm³/mol. The van der Waals surface area contributed by atoms with Gasteiger partial charge in [0.15, 0.2) is 9.84 Å². The average Bonchev–Trinajstić information content (AvgIpc) is 2.24. The summed E-state index contributed by atoms with van der Waals surface area (Å²) in [5.74, 6) is -0.331. The first-order valence-corrected chi connectivity index (χ1v) is 7.73. The highest BCUT2D eigenvalue weighted by Gasteiger charge is 2.31. The lowest BCUT2D eigenvalue weighted by atomic mass is 10.1. The number of methoxy groups -OCH3 is 1. The minimum absolute atomic E-state index is 0.0582. The van der Waals surface area contributed by atoms with Gasteiger partial charge in [-0.2, -0.15) is 0 Å². The number of hydrogen-bond acceptors (Lipinski definition) is 5. The standard InChI is InChI=1S/C11H24N2O4S/c1-11(2,18(4,15)16)8-13-10(14)9(12)6-5-7-17-3/h9H,5-8,12H2,1-4H3,(H,13,14). The molecule has 1 unspecified atom stereocenters. The monoisotopic (exact) mass is 280 g/mol. The van der Waals surface area contributed by atoms with Crippen LogP contribution in [0.15, 0.2) is 0 Å². The molecule has 0 aromatic rings. The van der Waals surface area contributed by atoms with Gasteiger partial charge in [0.1, 0.15) is 0 Å². The maximum Gasteiger partial charge on any atom is 0.236 e. The second-order valence-corrected chi connectivity index (χ2v) is 7.64. The largest absolute Gasteiger partial charge is 0.385 e. The van der Waals surface area contributed by atoms with E-state index >= 15 is 0 Å². The van der Waals surface area contributed by atoms with Crippen molar-refractivity contribution < 1.29 is 17.9 Å². The van der Waals surface area contributed by atoms with Crippen molar-refractivity contribution in [2.45, 2.75) is 37.5 Å². The molecule has 7 heteroatoms. The summed E-state index contributed by atoms with van der Waals surface area (Å²) in [4.78, 5) is 11.6. The highest BCUT2D eigenvalue weighted by molar-refractivity contribution is 7.92. The number of amides is 1. The van der Waals surface area contributed by atoms with Crippen LogP contribution in [-0.2, 0) is 19.4 Å². The van der Waals surface area contributed by atoms with E-state index in [2.05, 4.69) is 5.32 Å². The molecular weight excluding hydrogens is 256 g/mol. The Morgan fingerprint density at radius 2 is 2.00 bits per heavy atom. The van der Waals surface area contributed by atoms with Gasteiger partial charge in [-0.05, 0) is 26.7 Å². The van der Waals surface area contributed by atoms with Gasteiger partial charge in [-0.1, -0.05) is 0 Å². The lowest BCUT2D eigenvalue weighted by molar-refractivity contribution is -0.122. The van der Waals surface area contributed by atoms with Crippen LogP contribution in [0.2, 0.25) is 0 Å². The number of rotatable bonds is 8. The van der Waals surface area contributed by atoms with Gasteiger partial charge in [-0.25, -0.2) is 8.42 Å². The van der Waals surface area contributed by atoms with E-state index < -0.39 is 20.6 Å². The molecule has 18 heavy (non-hydrogen) atoms. The van der Waals surface area contributed by atoms with E-state index in [1.165, 1.54) is 0 Å². The van der Waals surface area contributed by atoms with Gasteiger partial charge in [-0.3, -0.25) is 4.79 Å². The van der Waals surface area contributed by atoms with E-state index in [0.717, 1.165) is 6.26 Å². The van der Waals surface area contributed by atoms with Crippen LogP contribution in [0.5, 0.6) is 0 Å². The van der Waals surface area contributed by atoms with Crippen LogP contribution in [0.1, 0.15) is 26.7 Å². The fraction of sp³-hybridized carbons (Fsp3) is 0.909. The Bertz CT molecular complexity index is 365. The molecule has 0 heterocycles. The Balaban J connectivity index is 4.18. The summed E-state index contributed by atoms with van der Waals surface area (Å²) >= 11 is 0. The molecule has 0 radical (unpaired) electrons. The molecule has 3 N–H and O–H groups in total. The summed E-state index contributed by atoms with van der Waals surface area (Å²) in [6.07, 6.45) is 2.36. The van der Waals surface area contributed by atoms with E-state index in [4.69, 9.17) is 10.5 Å². The summed E-state index contributed by atoms with van der Waals surface area (Å²) < 4.78 is 26.8. The quantitative estimate of drug-likeness (QED) is 0.594. The van der Waals surface area contributed by atoms with Gasteiger partial charge in [0.05, 0.1) is 10.8 Å². The molecular formula is C11H24N2O4S. The second-order valence-electron chi connectivity index (χ2n) is 4.99. The first kappa shape index (κ1) is 17.3. The van der Waals surface area contributed by atoms with E-state index in [-0.39, 0.29) is 12.5 Å². The lowest BCUT2D eigenvalue weighted by Crippen LogP contribution is -2.48. The van der Waals surface area contributed by atoms with E-state index in [1.807, 2.05) is 0 Å². The van der Waals surface area contributed by atoms with Crippen molar-refractivity contribution in [3.63, 3.8) is 0 Å². The van der Waals surface area contributed by atoms with Crippen LogP contribution in [0, 0.1) is 0 Å². The molecule has 6 nitrogen and oxygen atoms in total. The van der Waals surface area contributed by atoms with Gasteiger partial charge in [-0.15, -0.1) is 0 Å². The van der Waals surface area contributed by atoms with Gasteiger partial charge in [0.25, 0.3) is 0 Å². The topological polar surface area (TPSA) is 98.5 Å². The van der Waals surface area contributed by atoms with Crippen molar-refractivity contribution in [3.8, 4) is 0 Å². The van der Waals surface area contributed by atoms with Crippen LogP contribution in [0.4, 0.5) is 0 Å². The van der Waals surface area contributed by atoms with Crippen molar-refractivity contribution in [1.29, 1.82) is 0 Å². The molecule has 108 valence electrons. The molecule has 0 saturated heterocycles. The third kappa shape index (κ3) is 5.79. The van der Waals surface area contributed by atoms with Gasteiger partial charge in [0, 0.05) is 26.5 Å². The summed E-state index contributed by atoms with van der Waals surface area (Å²) in [5, 5.41) is 2.57. The molecule has 0 spiro atoms. The summed E-state index contributed by atoms with van der Waals surface area (Å²) in [7, 11) is -1.64. The zero-order valence-electron chi connectivity index (χ0n) is 11.5. The van der Waals surface area contributed by atoms with Crippen LogP contribution in [-0.4, -0.2) is 51.6 Å². The molecule has 0 fully saturated rings. The highest BCUT2D eigenvalue weighted by Crippen LogP contribution is 2.13. The number of nitrogens with two attached hydrogens (primary N) is 1. The van der Waals surface area contributed by atoms with E-state index in [0.29, 0.717) is 19.4 Å². The smallest absolute Gasteiger partial charge is 0.236 e. The number of carbonyl (C=O) groups excluding carboxylic acids is 1. The van der Waals surface area contributed by atoms with Crippen molar-refractivity contribution in [2.24, 2.45) is 5.73 Å². The Kier molecular flexibility index (Phi) is 6.80. The minimum Gasteiger partial charge on any atom is -0.385 e. The third-order valence-electron chi connectivity index (χ3n) is 2.89. The van der Waals surface area contributed by atoms with Crippen LogP contribution in [0.3, 0.4) is 0 Å². The van der Waals surface area contributed by atoms with Gasteiger partial charge in [0.2, 0.25) is 5.91 Å². The second kappa shape index (κ2) is 7.06. The Morgan fingerprint density at radius 3 is 2.44 bits per heavy atom.